The predicted molar refractivity (Wildman–Crippen MR) is 73.1 cm³/mol. The van der Waals surface area contributed by atoms with E-state index in [2.05, 4.69) is 0 Å². The first-order valence-electron chi connectivity index (χ1n) is 4.66. The topological polar surface area (TPSA) is 26.3 Å². The monoisotopic (exact) mass is 322 g/mol. The van der Waals surface area contributed by atoms with E-state index in [4.69, 9.17) is 51.1 Å². The van der Waals surface area contributed by atoms with Crippen LogP contribution >= 0.6 is 46.4 Å². The number of rotatable bonds is 4. The van der Waals surface area contributed by atoms with E-state index in [1.165, 1.54) is 0 Å². The van der Waals surface area contributed by atoms with Crippen LogP contribution in [-0.2, 0) is 9.53 Å². The van der Waals surface area contributed by atoms with E-state index in [0.717, 1.165) is 0 Å². The smallest absolute Gasteiger partial charge is 0.252 e. The zero-order chi connectivity index (χ0) is 13.1. The van der Waals surface area contributed by atoms with Crippen LogP contribution in [0.25, 0.3) is 0 Å². The Balaban J connectivity index is 5.46. The first-order chi connectivity index (χ1) is 7.01. The van der Waals surface area contributed by atoms with Crippen LogP contribution in [0.15, 0.2) is 10.4 Å². The Kier molecular flexibility index (Phi) is 6.18. The third-order valence-corrected chi connectivity index (χ3v) is 4.63. The quantitative estimate of drug-likeness (QED) is 0.334. The lowest BCUT2D eigenvalue weighted by Crippen LogP contribution is -2.36. The van der Waals surface area contributed by atoms with Crippen LogP contribution < -0.4 is 0 Å². The molecule has 0 radical (unpaired) electrons. The Morgan fingerprint density at radius 1 is 1.25 bits per heavy atom. The summed E-state index contributed by atoms with van der Waals surface area (Å²) >= 11 is 22.7. The minimum Gasteiger partial charge on any atom is -0.483 e. The molecular weight excluding hydrogens is 310 g/mol. The van der Waals surface area contributed by atoms with Crippen LogP contribution in [0.2, 0.25) is 19.6 Å². The molecule has 0 saturated heterocycles. The minimum absolute atomic E-state index is 0.0398. The summed E-state index contributed by atoms with van der Waals surface area (Å²) in [6.07, 6.45) is 0. The van der Waals surface area contributed by atoms with Gasteiger partial charge in [0.1, 0.15) is 0 Å². The first kappa shape index (κ1) is 16.6. The van der Waals surface area contributed by atoms with Crippen molar-refractivity contribution in [3.63, 3.8) is 0 Å². The molecule has 0 aromatic carbocycles. The van der Waals surface area contributed by atoms with Crippen molar-refractivity contribution in [1.29, 1.82) is 0 Å². The molecule has 0 N–H and O–H groups in total. The third-order valence-electron chi connectivity index (χ3n) is 1.70. The van der Waals surface area contributed by atoms with Crippen LogP contribution in [0, 0.1) is 0 Å². The minimum atomic E-state index is -2.04. The molecule has 7 heteroatoms. The molecular formula is C9H14Cl4O2Si. The molecule has 94 valence electrons. The van der Waals surface area contributed by atoms with Gasteiger partial charge >= 0.3 is 0 Å². The maximum absolute atomic E-state index is 11.9. The van der Waals surface area contributed by atoms with Gasteiger partial charge in [-0.25, -0.2) is 0 Å². The second-order valence-electron chi connectivity index (χ2n) is 4.16. The Bertz CT molecular complexity index is 302. The van der Waals surface area contributed by atoms with Crippen LogP contribution in [-0.4, -0.2) is 24.3 Å². The summed E-state index contributed by atoms with van der Waals surface area (Å²) in [6, 6.07) is 0. The standard InChI is InChI=1S/C9H14Cl4O2Si/c1-5-15-8(10)6(16(2,3)4)7(14)9(11,12)13/h5H2,1-4H3/b8-6-. The SMILES string of the molecule is CCO/C(Cl)=C(/C(=O)C(Cl)(Cl)Cl)[Si](C)(C)C. The van der Waals surface area contributed by atoms with E-state index in [-0.39, 0.29) is 5.22 Å². The summed E-state index contributed by atoms with van der Waals surface area (Å²) in [6.45, 7) is 7.91. The van der Waals surface area contributed by atoms with Crippen molar-refractivity contribution in [3.05, 3.63) is 10.4 Å². The number of carbonyl (C=O) groups is 1. The summed E-state index contributed by atoms with van der Waals surface area (Å²) in [5.74, 6) is -0.602. The van der Waals surface area contributed by atoms with Gasteiger partial charge in [0.15, 0.2) is 5.22 Å². The number of hydrogen-bond donors (Lipinski definition) is 0. The zero-order valence-corrected chi connectivity index (χ0v) is 13.6. The highest BCUT2D eigenvalue weighted by Gasteiger charge is 2.41. The molecule has 0 fully saturated rings. The zero-order valence-electron chi connectivity index (χ0n) is 9.54. The van der Waals surface area contributed by atoms with Gasteiger partial charge in [0, 0.05) is 5.20 Å². The fourth-order valence-electron chi connectivity index (χ4n) is 1.07. The van der Waals surface area contributed by atoms with Gasteiger partial charge in [-0.15, -0.1) is 0 Å². The van der Waals surface area contributed by atoms with Gasteiger partial charge in [0.05, 0.1) is 14.7 Å². The van der Waals surface area contributed by atoms with Gasteiger partial charge in [0.2, 0.25) is 5.78 Å². The highest BCUT2D eigenvalue weighted by molar-refractivity contribution is 6.92. The van der Waals surface area contributed by atoms with Crippen molar-refractivity contribution in [2.24, 2.45) is 0 Å². The van der Waals surface area contributed by atoms with Crippen LogP contribution in [0.5, 0.6) is 0 Å². The fraction of sp³-hybridized carbons (Fsp3) is 0.667. The maximum Gasteiger partial charge on any atom is 0.252 e. The van der Waals surface area contributed by atoms with Gasteiger partial charge in [-0.05, 0) is 18.5 Å². The Hall–Kier alpha value is 0.587. The molecule has 0 aliphatic heterocycles. The summed E-state index contributed by atoms with van der Waals surface area (Å²) in [7, 11) is -2.04. The van der Waals surface area contributed by atoms with Gasteiger partial charge in [-0.1, -0.05) is 54.4 Å². The second kappa shape index (κ2) is 5.96. The number of carbonyl (C=O) groups excluding carboxylic acids is 1. The number of ether oxygens (including phenoxy) is 1. The Morgan fingerprint density at radius 3 is 1.94 bits per heavy atom. The van der Waals surface area contributed by atoms with E-state index in [9.17, 15) is 4.79 Å². The molecule has 0 aromatic rings. The largest absolute Gasteiger partial charge is 0.483 e. The molecule has 2 nitrogen and oxygen atoms in total. The highest BCUT2D eigenvalue weighted by atomic mass is 35.6. The van der Waals surface area contributed by atoms with Crippen LogP contribution in [0.1, 0.15) is 6.92 Å². The van der Waals surface area contributed by atoms with Gasteiger partial charge < -0.3 is 4.74 Å². The molecule has 0 unspecified atom stereocenters. The number of halogens is 4. The van der Waals surface area contributed by atoms with E-state index < -0.39 is 17.6 Å². The summed E-state index contributed by atoms with van der Waals surface area (Å²) < 4.78 is 3.14. The summed E-state index contributed by atoms with van der Waals surface area (Å²) in [5.41, 5.74) is 0. The lowest BCUT2D eigenvalue weighted by Gasteiger charge is -2.23. The molecule has 0 amide bonds. The molecule has 0 aromatic heterocycles. The van der Waals surface area contributed by atoms with Gasteiger partial charge in [0.25, 0.3) is 3.79 Å². The van der Waals surface area contributed by atoms with E-state index in [1.807, 2.05) is 19.6 Å². The molecule has 0 aliphatic rings. The molecule has 0 spiro atoms. The van der Waals surface area contributed by atoms with Crippen molar-refractivity contribution in [2.75, 3.05) is 6.61 Å². The number of alkyl halides is 3. The van der Waals surface area contributed by atoms with E-state index in [1.54, 1.807) is 6.92 Å². The Labute approximate surface area is 117 Å². The second-order valence-corrected chi connectivity index (χ2v) is 11.8. The average molecular weight is 324 g/mol. The average Bonchev–Trinajstić information content (AvgIpc) is 1.99. The number of ketones is 1. The maximum atomic E-state index is 11.9. The molecule has 0 bridgehead atoms. The third kappa shape index (κ3) is 4.84. The first-order valence-corrected chi connectivity index (χ1v) is 9.67. The van der Waals surface area contributed by atoms with E-state index >= 15 is 0 Å². The lowest BCUT2D eigenvalue weighted by atomic mass is 10.4. The highest BCUT2D eigenvalue weighted by Crippen LogP contribution is 2.35. The molecule has 16 heavy (non-hydrogen) atoms. The fourth-order valence-corrected chi connectivity index (χ4v) is 4.16. The normalized spacial score (nSPS) is 14.5. The lowest BCUT2D eigenvalue weighted by molar-refractivity contribution is -0.114. The van der Waals surface area contributed by atoms with Crippen LogP contribution in [0.3, 0.4) is 0 Å². The van der Waals surface area contributed by atoms with Crippen molar-refractivity contribution < 1.29 is 9.53 Å². The number of Topliss-reactive ketones (excluding diaryl/α,β-unsaturated/α-hetero) is 1. The van der Waals surface area contributed by atoms with Gasteiger partial charge in [-0.2, -0.15) is 0 Å². The Morgan fingerprint density at radius 2 is 1.69 bits per heavy atom. The van der Waals surface area contributed by atoms with Crippen molar-refractivity contribution in [2.45, 2.75) is 30.4 Å². The molecule has 0 saturated carbocycles. The molecule has 0 aliphatic carbocycles. The summed E-state index contributed by atoms with van der Waals surface area (Å²) in [5, 5.41) is 0.356. The van der Waals surface area contributed by atoms with Gasteiger partial charge in [-0.3, -0.25) is 4.79 Å². The summed E-state index contributed by atoms with van der Waals surface area (Å²) in [4.78, 5) is 11.9. The molecule has 0 rings (SSSR count). The molecule has 0 heterocycles. The number of allylic oxidation sites excluding steroid dienone is 1. The van der Waals surface area contributed by atoms with Crippen molar-refractivity contribution >= 4 is 60.3 Å². The van der Waals surface area contributed by atoms with Crippen molar-refractivity contribution in [1.82, 2.24) is 0 Å². The predicted octanol–water partition coefficient (Wildman–Crippen LogP) is 4.29. The van der Waals surface area contributed by atoms with Crippen molar-refractivity contribution in [3.8, 4) is 0 Å². The number of hydrogen-bond acceptors (Lipinski definition) is 2. The van der Waals surface area contributed by atoms with Crippen LogP contribution in [0.4, 0.5) is 0 Å². The molecule has 0 atom stereocenters. The van der Waals surface area contributed by atoms with E-state index in [0.29, 0.717) is 11.8 Å².